The van der Waals surface area contributed by atoms with Gasteiger partial charge in [-0.25, -0.2) is 14.4 Å². The summed E-state index contributed by atoms with van der Waals surface area (Å²) in [6.07, 6.45) is 0. The van der Waals surface area contributed by atoms with Crippen molar-refractivity contribution in [3.8, 4) is 0 Å². The highest BCUT2D eigenvalue weighted by molar-refractivity contribution is 5.97. The topological polar surface area (TPSA) is 103 Å². The Bertz CT molecular complexity index is 791. The van der Waals surface area contributed by atoms with E-state index in [0.29, 0.717) is 17.9 Å². The van der Waals surface area contributed by atoms with Gasteiger partial charge in [0.25, 0.3) is 0 Å². The first-order valence-electron chi connectivity index (χ1n) is 9.07. The second kappa shape index (κ2) is 10.6. The Hall–Kier alpha value is -2.91. The van der Waals surface area contributed by atoms with E-state index in [0.717, 1.165) is 0 Å². The monoisotopic (exact) mass is 406 g/mol. The molecular formula is C20H26N2O7. The van der Waals surface area contributed by atoms with Crippen molar-refractivity contribution in [1.82, 2.24) is 10.2 Å². The summed E-state index contributed by atoms with van der Waals surface area (Å²) in [6, 6.07) is 5.36. The molecule has 1 aliphatic heterocycles. The first-order chi connectivity index (χ1) is 14.0. The summed E-state index contributed by atoms with van der Waals surface area (Å²) in [7, 11) is 4.30. The number of rotatable bonds is 9. The molecule has 0 saturated carbocycles. The summed E-state index contributed by atoms with van der Waals surface area (Å²) in [4.78, 5) is 39.2. The van der Waals surface area contributed by atoms with Crippen LogP contribution in [0.2, 0.25) is 0 Å². The fraction of sp³-hybridized carbons (Fsp3) is 0.450. The van der Waals surface area contributed by atoms with E-state index in [1.807, 2.05) is 0 Å². The lowest BCUT2D eigenvalue weighted by atomic mass is 9.91. The molecule has 0 saturated heterocycles. The lowest BCUT2D eigenvalue weighted by Gasteiger charge is -2.35. The molecule has 0 aliphatic carbocycles. The molecule has 9 heteroatoms. The smallest absolute Gasteiger partial charge is 0.338 e. The fourth-order valence-electron chi connectivity index (χ4n) is 3.07. The number of nitrogens with one attached hydrogen (secondary N) is 1. The van der Waals surface area contributed by atoms with Crippen molar-refractivity contribution >= 4 is 18.0 Å². The van der Waals surface area contributed by atoms with Crippen molar-refractivity contribution in [2.75, 3.05) is 47.7 Å². The van der Waals surface area contributed by atoms with Crippen LogP contribution in [-0.4, -0.2) is 70.6 Å². The van der Waals surface area contributed by atoms with Crippen molar-refractivity contribution < 1.29 is 33.3 Å². The number of urea groups is 1. The quantitative estimate of drug-likeness (QED) is 0.491. The van der Waals surface area contributed by atoms with Crippen molar-refractivity contribution in [2.24, 2.45) is 0 Å². The van der Waals surface area contributed by atoms with Crippen molar-refractivity contribution in [2.45, 2.75) is 13.0 Å². The number of hydrogen-bond acceptors (Lipinski definition) is 7. The van der Waals surface area contributed by atoms with Gasteiger partial charge in [0.15, 0.2) is 0 Å². The molecule has 1 unspecified atom stereocenters. The first-order valence-corrected chi connectivity index (χ1v) is 9.07. The molecule has 0 fully saturated rings. The Morgan fingerprint density at radius 2 is 1.72 bits per heavy atom. The third kappa shape index (κ3) is 5.12. The molecule has 158 valence electrons. The van der Waals surface area contributed by atoms with E-state index in [2.05, 4.69) is 5.32 Å². The maximum Gasteiger partial charge on any atom is 0.338 e. The van der Waals surface area contributed by atoms with Gasteiger partial charge in [0, 0.05) is 19.9 Å². The number of benzene rings is 1. The maximum absolute atomic E-state index is 12.9. The zero-order valence-electron chi connectivity index (χ0n) is 17.0. The Labute approximate surface area is 169 Å². The third-order valence-corrected chi connectivity index (χ3v) is 4.53. The van der Waals surface area contributed by atoms with Gasteiger partial charge in [-0.1, -0.05) is 18.2 Å². The van der Waals surface area contributed by atoms with Gasteiger partial charge >= 0.3 is 18.0 Å². The van der Waals surface area contributed by atoms with Crippen LogP contribution in [0.15, 0.2) is 35.5 Å². The van der Waals surface area contributed by atoms with Crippen LogP contribution in [0.3, 0.4) is 0 Å². The first kappa shape index (κ1) is 22.4. The van der Waals surface area contributed by atoms with E-state index in [-0.39, 0.29) is 30.9 Å². The maximum atomic E-state index is 12.9. The van der Waals surface area contributed by atoms with Gasteiger partial charge in [-0.3, -0.25) is 4.90 Å². The minimum Gasteiger partial charge on any atom is -0.465 e. The van der Waals surface area contributed by atoms with E-state index in [4.69, 9.17) is 18.9 Å². The number of carbonyl (C=O) groups excluding carboxylic acids is 3. The predicted octanol–water partition coefficient (Wildman–Crippen LogP) is 1.65. The molecule has 0 radical (unpaired) electrons. The van der Waals surface area contributed by atoms with E-state index < -0.39 is 24.0 Å². The van der Waals surface area contributed by atoms with Gasteiger partial charge in [0.1, 0.15) is 6.61 Å². The lowest BCUT2D eigenvalue weighted by Crippen LogP contribution is -2.49. The third-order valence-electron chi connectivity index (χ3n) is 4.53. The Morgan fingerprint density at radius 3 is 2.38 bits per heavy atom. The number of carbonyl (C=O) groups is 3. The van der Waals surface area contributed by atoms with Crippen molar-refractivity contribution in [3.05, 3.63) is 46.7 Å². The van der Waals surface area contributed by atoms with E-state index in [1.54, 1.807) is 31.2 Å². The zero-order chi connectivity index (χ0) is 21.4. The Kier molecular flexibility index (Phi) is 8.17. The van der Waals surface area contributed by atoms with Crippen LogP contribution in [0.1, 0.15) is 28.9 Å². The number of amides is 2. The molecule has 2 amide bonds. The van der Waals surface area contributed by atoms with Gasteiger partial charge < -0.3 is 24.3 Å². The Balaban J connectivity index is 2.52. The van der Waals surface area contributed by atoms with Crippen LogP contribution in [0.4, 0.5) is 4.79 Å². The van der Waals surface area contributed by atoms with Gasteiger partial charge in [-0.05, 0) is 18.6 Å². The highest BCUT2D eigenvalue weighted by Crippen LogP contribution is 2.33. The second-order valence-electron chi connectivity index (χ2n) is 6.23. The standard InChI is InChI=1S/C20H26N2O7/c1-13-16(19(24)29-12-11-27-3)17(21-20(25)22(13)9-10-26-2)14-7-5-6-8-15(14)18(23)28-4/h5-8,17H,9-12H2,1-4H3,(H,21,25). The van der Waals surface area contributed by atoms with E-state index in [9.17, 15) is 14.4 Å². The lowest BCUT2D eigenvalue weighted by molar-refractivity contribution is -0.141. The minimum absolute atomic E-state index is 0.0590. The van der Waals surface area contributed by atoms with Crippen LogP contribution >= 0.6 is 0 Å². The zero-order valence-corrected chi connectivity index (χ0v) is 17.0. The molecule has 2 rings (SSSR count). The summed E-state index contributed by atoms with van der Waals surface area (Å²) >= 11 is 0. The molecule has 0 spiro atoms. The highest BCUT2D eigenvalue weighted by Gasteiger charge is 2.38. The van der Waals surface area contributed by atoms with Crippen LogP contribution < -0.4 is 5.32 Å². The molecule has 1 heterocycles. The van der Waals surface area contributed by atoms with Crippen LogP contribution in [0.5, 0.6) is 0 Å². The van der Waals surface area contributed by atoms with Gasteiger partial charge in [-0.15, -0.1) is 0 Å². The van der Waals surface area contributed by atoms with Crippen molar-refractivity contribution in [1.29, 1.82) is 0 Å². The molecule has 0 aromatic heterocycles. The molecule has 1 N–H and O–H groups in total. The summed E-state index contributed by atoms with van der Waals surface area (Å²) in [6.45, 7) is 2.51. The molecule has 1 aromatic rings. The number of methoxy groups -OCH3 is 3. The largest absolute Gasteiger partial charge is 0.465 e. The van der Waals surface area contributed by atoms with Gasteiger partial charge in [0.05, 0.1) is 44.0 Å². The molecule has 1 aliphatic rings. The number of esters is 2. The van der Waals surface area contributed by atoms with E-state index >= 15 is 0 Å². The SMILES string of the molecule is COCCOC(=O)C1=C(C)N(CCOC)C(=O)NC1c1ccccc1C(=O)OC. The van der Waals surface area contributed by atoms with Crippen LogP contribution in [-0.2, 0) is 23.7 Å². The summed E-state index contributed by atoms with van der Waals surface area (Å²) in [5.74, 6) is -1.17. The number of hydrogen-bond donors (Lipinski definition) is 1. The summed E-state index contributed by atoms with van der Waals surface area (Å²) in [5.41, 5.74) is 1.35. The molecule has 1 aromatic carbocycles. The number of allylic oxidation sites excluding steroid dienone is 1. The molecule has 0 bridgehead atoms. The van der Waals surface area contributed by atoms with Crippen molar-refractivity contribution in [3.63, 3.8) is 0 Å². The molecular weight excluding hydrogens is 380 g/mol. The second-order valence-corrected chi connectivity index (χ2v) is 6.23. The average molecular weight is 406 g/mol. The summed E-state index contributed by atoms with van der Waals surface area (Å²) < 4.78 is 20.1. The molecule has 1 atom stereocenters. The fourth-order valence-corrected chi connectivity index (χ4v) is 3.07. The van der Waals surface area contributed by atoms with E-state index in [1.165, 1.54) is 26.2 Å². The molecule has 9 nitrogen and oxygen atoms in total. The molecule has 29 heavy (non-hydrogen) atoms. The van der Waals surface area contributed by atoms with Gasteiger partial charge in [-0.2, -0.15) is 0 Å². The Morgan fingerprint density at radius 1 is 1.03 bits per heavy atom. The normalized spacial score (nSPS) is 16.5. The predicted molar refractivity (Wildman–Crippen MR) is 103 cm³/mol. The van der Waals surface area contributed by atoms with Gasteiger partial charge in [0.2, 0.25) is 0 Å². The van der Waals surface area contributed by atoms with Crippen LogP contribution in [0.25, 0.3) is 0 Å². The number of nitrogens with zero attached hydrogens (tertiary/aromatic N) is 1. The average Bonchev–Trinajstić information content (AvgIpc) is 2.72. The van der Waals surface area contributed by atoms with Crippen LogP contribution in [0, 0.1) is 0 Å². The highest BCUT2D eigenvalue weighted by atomic mass is 16.6. The minimum atomic E-state index is -0.869. The number of ether oxygens (including phenoxy) is 4. The summed E-state index contributed by atoms with van der Waals surface area (Å²) in [5, 5.41) is 2.80.